The van der Waals surface area contributed by atoms with Crippen LogP contribution in [0.3, 0.4) is 0 Å². The largest absolute Gasteiger partial charge is 0.344 e. The lowest BCUT2D eigenvalue weighted by atomic mass is 10.1. The molecule has 0 atom stereocenters. The van der Waals surface area contributed by atoms with Gasteiger partial charge in [0.05, 0.1) is 17.6 Å². The number of aromatic amines is 2. The van der Waals surface area contributed by atoms with E-state index in [2.05, 4.69) is 20.3 Å². The van der Waals surface area contributed by atoms with E-state index in [-0.39, 0.29) is 23.7 Å². The number of hydrogen-bond donors (Lipinski definition) is 3. The molecule has 0 fully saturated rings. The summed E-state index contributed by atoms with van der Waals surface area (Å²) in [6, 6.07) is 16.5. The Kier molecular flexibility index (Phi) is 3.35. The molecule has 2 aromatic heterocycles. The van der Waals surface area contributed by atoms with E-state index in [1.165, 1.54) is 0 Å². The van der Waals surface area contributed by atoms with Crippen LogP contribution in [0, 0.1) is 0 Å². The first-order valence-corrected chi connectivity index (χ1v) is 7.54. The maximum Gasteiger partial charge on any atom is 0.268 e. The van der Waals surface area contributed by atoms with Crippen LogP contribution in [0.25, 0.3) is 21.8 Å². The van der Waals surface area contributed by atoms with Gasteiger partial charge in [0, 0.05) is 5.39 Å². The van der Waals surface area contributed by atoms with Crippen LogP contribution in [-0.4, -0.2) is 20.9 Å². The SMILES string of the molecule is O=C(NCc1nc2ccccc2[nH]1)c1cc2ccccc2c(=O)[nH]1. The first kappa shape index (κ1) is 14.2. The molecule has 2 aromatic carbocycles. The lowest BCUT2D eigenvalue weighted by Crippen LogP contribution is -2.26. The van der Waals surface area contributed by atoms with Gasteiger partial charge in [-0.05, 0) is 29.7 Å². The van der Waals surface area contributed by atoms with Crippen LogP contribution in [0.4, 0.5) is 0 Å². The molecule has 118 valence electrons. The summed E-state index contributed by atoms with van der Waals surface area (Å²) in [5.74, 6) is 0.311. The third-order valence-corrected chi connectivity index (χ3v) is 3.85. The summed E-state index contributed by atoms with van der Waals surface area (Å²) >= 11 is 0. The van der Waals surface area contributed by atoms with Crippen molar-refractivity contribution in [1.82, 2.24) is 20.3 Å². The van der Waals surface area contributed by atoms with Crippen molar-refractivity contribution >= 4 is 27.7 Å². The second kappa shape index (κ2) is 5.66. The van der Waals surface area contributed by atoms with Crippen LogP contribution in [0.1, 0.15) is 16.3 Å². The second-order valence-electron chi connectivity index (χ2n) is 5.48. The van der Waals surface area contributed by atoms with Crippen molar-refractivity contribution in [3.63, 3.8) is 0 Å². The van der Waals surface area contributed by atoms with E-state index in [0.29, 0.717) is 11.2 Å². The Hall–Kier alpha value is -3.41. The number of carbonyl (C=O) groups is 1. The normalized spacial score (nSPS) is 11.0. The maximum atomic E-state index is 12.3. The highest BCUT2D eigenvalue weighted by Gasteiger charge is 2.10. The number of benzene rings is 2. The fourth-order valence-electron chi connectivity index (χ4n) is 2.68. The van der Waals surface area contributed by atoms with Gasteiger partial charge >= 0.3 is 0 Å². The number of carbonyl (C=O) groups excluding carboxylic acids is 1. The van der Waals surface area contributed by atoms with E-state index >= 15 is 0 Å². The monoisotopic (exact) mass is 318 g/mol. The van der Waals surface area contributed by atoms with Crippen LogP contribution in [0.2, 0.25) is 0 Å². The highest BCUT2D eigenvalue weighted by Crippen LogP contribution is 2.11. The number of para-hydroxylation sites is 2. The fraction of sp³-hybridized carbons (Fsp3) is 0.0556. The quantitative estimate of drug-likeness (QED) is 0.541. The second-order valence-corrected chi connectivity index (χ2v) is 5.48. The van der Waals surface area contributed by atoms with Gasteiger partial charge in [0.2, 0.25) is 0 Å². The van der Waals surface area contributed by atoms with Crippen molar-refractivity contribution in [2.24, 2.45) is 0 Å². The molecule has 24 heavy (non-hydrogen) atoms. The number of imidazole rings is 1. The molecule has 0 radical (unpaired) electrons. The Balaban J connectivity index is 1.56. The predicted molar refractivity (Wildman–Crippen MR) is 91.8 cm³/mol. The highest BCUT2D eigenvalue weighted by molar-refractivity contribution is 5.96. The van der Waals surface area contributed by atoms with Gasteiger partial charge in [-0.1, -0.05) is 30.3 Å². The Morgan fingerprint density at radius 3 is 2.71 bits per heavy atom. The van der Waals surface area contributed by atoms with Gasteiger partial charge in [0.15, 0.2) is 0 Å². The van der Waals surface area contributed by atoms with Gasteiger partial charge < -0.3 is 15.3 Å². The first-order valence-electron chi connectivity index (χ1n) is 7.54. The number of fused-ring (bicyclic) bond motifs is 2. The molecule has 0 aliphatic heterocycles. The molecule has 0 bridgehead atoms. The van der Waals surface area contributed by atoms with Crippen molar-refractivity contribution in [2.75, 3.05) is 0 Å². The predicted octanol–water partition coefficient (Wildman–Crippen LogP) is 2.33. The molecule has 0 saturated heterocycles. The number of pyridine rings is 1. The van der Waals surface area contributed by atoms with Gasteiger partial charge in [-0.3, -0.25) is 9.59 Å². The van der Waals surface area contributed by atoms with Crippen molar-refractivity contribution in [2.45, 2.75) is 6.54 Å². The van der Waals surface area contributed by atoms with Gasteiger partial charge in [0.25, 0.3) is 11.5 Å². The molecule has 1 amide bonds. The number of nitrogens with zero attached hydrogens (tertiary/aromatic N) is 1. The Morgan fingerprint density at radius 1 is 1.04 bits per heavy atom. The standard InChI is InChI=1S/C18H14N4O2/c23-17-12-6-2-1-5-11(12)9-15(22-17)18(24)19-10-16-20-13-7-3-4-8-14(13)21-16/h1-9H,10H2,(H,19,24)(H,20,21)(H,22,23). The minimum Gasteiger partial charge on any atom is -0.344 e. The van der Waals surface area contributed by atoms with Crippen LogP contribution in [0.15, 0.2) is 59.4 Å². The summed E-state index contributed by atoms with van der Waals surface area (Å²) in [6.07, 6.45) is 0. The van der Waals surface area contributed by atoms with Crippen molar-refractivity contribution in [3.05, 3.63) is 76.5 Å². The van der Waals surface area contributed by atoms with Gasteiger partial charge in [-0.15, -0.1) is 0 Å². The molecule has 4 rings (SSSR count). The maximum absolute atomic E-state index is 12.3. The number of nitrogens with one attached hydrogen (secondary N) is 3. The van der Waals surface area contributed by atoms with E-state index in [1.807, 2.05) is 30.3 Å². The highest BCUT2D eigenvalue weighted by atomic mass is 16.2. The number of aromatic nitrogens is 3. The topological polar surface area (TPSA) is 90.6 Å². The number of amides is 1. The molecule has 0 spiro atoms. The van der Waals surface area contributed by atoms with Crippen molar-refractivity contribution in [1.29, 1.82) is 0 Å². The minimum absolute atomic E-state index is 0.231. The number of hydrogen-bond acceptors (Lipinski definition) is 3. The zero-order valence-corrected chi connectivity index (χ0v) is 12.7. The Morgan fingerprint density at radius 2 is 1.83 bits per heavy atom. The number of H-pyrrole nitrogens is 2. The van der Waals surface area contributed by atoms with E-state index in [4.69, 9.17) is 0 Å². The molecular weight excluding hydrogens is 304 g/mol. The van der Waals surface area contributed by atoms with Gasteiger partial charge in [0.1, 0.15) is 11.5 Å². The lowest BCUT2D eigenvalue weighted by Gasteiger charge is -2.04. The van der Waals surface area contributed by atoms with E-state index in [0.717, 1.165) is 16.4 Å². The van der Waals surface area contributed by atoms with Crippen LogP contribution < -0.4 is 10.9 Å². The van der Waals surface area contributed by atoms with Crippen LogP contribution >= 0.6 is 0 Å². The summed E-state index contributed by atoms with van der Waals surface area (Å²) in [5.41, 5.74) is 1.72. The molecule has 0 aliphatic carbocycles. The zero-order chi connectivity index (χ0) is 16.5. The molecule has 4 aromatic rings. The summed E-state index contributed by atoms with van der Waals surface area (Å²) in [6.45, 7) is 0.252. The van der Waals surface area contributed by atoms with Crippen LogP contribution in [0.5, 0.6) is 0 Å². The molecule has 2 heterocycles. The molecule has 0 saturated carbocycles. The third kappa shape index (κ3) is 2.54. The average Bonchev–Trinajstić information content (AvgIpc) is 3.02. The van der Waals surface area contributed by atoms with E-state index in [9.17, 15) is 9.59 Å². The van der Waals surface area contributed by atoms with Crippen molar-refractivity contribution < 1.29 is 4.79 Å². The van der Waals surface area contributed by atoms with E-state index in [1.54, 1.807) is 24.3 Å². The molecule has 3 N–H and O–H groups in total. The Labute approximate surface area is 136 Å². The molecule has 6 heteroatoms. The number of rotatable bonds is 3. The third-order valence-electron chi connectivity index (χ3n) is 3.85. The fourth-order valence-corrected chi connectivity index (χ4v) is 2.68. The van der Waals surface area contributed by atoms with E-state index < -0.39 is 0 Å². The van der Waals surface area contributed by atoms with Gasteiger partial charge in [-0.25, -0.2) is 4.98 Å². The Bertz CT molecular complexity index is 1080. The molecule has 0 aliphatic rings. The lowest BCUT2D eigenvalue weighted by molar-refractivity contribution is 0.0945. The van der Waals surface area contributed by atoms with Crippen LogP contribution in [-0.2, 0) is 6.54 Å². The summed E-state index contributed by atoms with van der Waals surface area (Å²) < 4.78 is 0. The van der Waals surface area contributed by atoms with Crippen molar-refractivity contribution in [3.8, 4) is 0 Å². The summed E-state index contributed by atoms with van der Waals surface area (Å²) in [7, 11) is 0. The molecule has 0 unspecified atom stereocenters. The summed E-state index contributed by atoms with van der Waals surface area (Å²) in [5, 5.41) is 4.06. The molecular formula is C18H14N4O2. The smallest absolute Gasteiger partial charge is 0.268 e. The van der Waals surface area contributed by atoms with Gasteiger partial charge in [-0.2, -0.15) is 0 Å². The minimum atomic E-state index is -0.349. The average molecular weight is 318 g/mol. The zero-order valence-electron chi connectivity index (χ0n) is 12.7. The summed E-state index contributed by atoms with van der Waals surface area (Å²) in [4.78, 5) is 34.5. The molecule has 6 nitrogen and oxygen atoms in total. The first-order chi connectivity index (χ1) is 11.7.